The first-order valence-electron chi connectivity index (χ1n) is 17.8. The maximum absolute atomic E-state index is 12.2. The smallest absolute Gasteiger partial charge is 0.242 e. The third-order valence-corrected chi connectivity index (χ3v) is 8.22. The predicted octanol–water partition coefficient (Wildman–Crippen LogP) is -3.79. The average molecular weight is 802 g/mol. The molecule has 0 heterocycles. The van der Waals surface area contributed by atoms with Gasteiger partial charge in [0.2, 0.25) is 60.1 Å². The Balaban J connectivity index is -0.000000879. The highest BCUT2D eigenvalue weighted by molar-refractivity contribution is 5.91. The third kappa shape index (κ3) is 24.9. The van der Waals surface area contributed by atoms with Gasteiger partial charge in [-0.2, -0.15) is 0 Å². The fraction of sp³-hybridized carbons (Fsp3) is 0.714. The molecular weight excluding hydrogens is 734 g/mol. The van der Waals surface area contributed by atoms with E-state index in [0.29, 0.717) is 25.4 Å². The lowest BCUT2D eigenvalue weighted by molar-refractivity contribution is -0.144. The Bertz CT molecular complexity index is 1320. The van der Waals surface area contributed by atoms with E-state index in [2.05, 4.69) is 32.7 Å². The van der Waals surface area contributed by atoms with Crippen LogP contribution in [0.3, 0.4) is 0 Å². The van der Waals surface area contributed by atoms with Gasteiger partial charge in [0.25, 0.3) is 0 Å². The SMILES string of the molecule is CCN(C)C(=O)CN(C)C(=O)CN(C)C(=O)CN(C)C=O.CCN(C)C(C)C.CN(C=O)CC(=O)N(C)CC(=O)N(C)CC(=O)N(C)CC(=O)N(C)CC(N)=O. The number of rotatable bonds is 21. The number of hydrogen-bond acceptors (Lipinski definition) is 11. The number of hydrogen-bond donors (Lipinski definition) is 1. The molecule has 0 aliphatic heterocycles. The highest BCUT2D eigenvalue weighted by Gasteiger charge is 2.23. The Hall–Kier alpha value is -5.34. The van der Waals surface area contributed by atoms with Crippen molar-refractivity contribution >= 4 is 60.1 Å². The van der Waals surface area contributed by atoms with Crippen LogP contribution in [0.15, 0.2) is 0 Å². The Labute approximate surface area is 332 Å². The third-order valence-electron chi connectivity index (χ3n) is 8.22. The standard InChI is InChI=1S/C16H28N6O6.C13H24N4O4.C6H15N/c1-18(11-23)7-13(25)20(3)9-15(27)22(5)10-16(28)21(4)8-14(26)19(2)6-12(17)24;1-6-15(3)12(20)8-17(5)13(21)9-16(4)11(19)7-14(2)10-18;1-5-7(4)6(2)3/h11H,6-10H2,1-5H3,(H2,17,24);10H,6-9H2,1-5H3;6H,5H2,1-4H3. The zero-order valence-corrected chi connectivity index (χ0v) is 35.9. The van der Waals surface area contributed by atoms with E-state index in [1.54, 1.807) is 7.05 Å². The van der Waals surface area contributed by atoms with Crippen LogP contribution in [0.1, 0.15) is 27.7 Å². The summed E-state index contributed by atoms with van der Waals surface area (Å²) in [6, 6.07) is 0.699. The van der Waals surface area contributed by atoms with Crippen molar-refractivity contribution in [2.45, 2.75) is 33.7 Å². The summed E-state index contributed by atoms with van der Waals surface area (Å²) >= 11 is 0. The van der Waals surface area contributed by atoms with Crippen LogP contribution in [0, 0.1) is 0 Å². The molecule has 21 heteroatoms. The molecule has 0 spiro atoms. The maximum Gasteiger partial charge on any atom is 0.242 e. The molecule has 0 radical (unpaired) electrons. The number of carbonyl (C=O) groups is 10. The summed E-state index contributed by atoms with van der Waals surface area (Å²) in [6.45, 7) is 8.61. The average Bonchev–Trinajstić information content (AvgIpc) is 3.13. The number of nitrogens with zero attached hydrogens (tertiary/aromatic N) is 10. The van der Waals surface area contributed by atoms with E-state index in [0.717, 1.165) is 31.0 Å². The van der Waals surface area contributed by atoms with Crippen LogP contribution in [0.4, 0.5) is 0 Å². The topological polar surface area (TPSA) is 229 Å². The molecule has 0 aliphatic carbocycles. The van der Waals surface area contributed by atoms with E-state index in [9.17, 15) is 47.9 Å². The van der Waals surface area contributed by atoms with Crippen molar-refractivity contribution in [2.75, 3.05) is 136 Å². The minimum atomic E-state index is -0.673. The molecule has 0 rings (SSSR count). The lowest BCUT2D eigenvalue weighted by Crippen LogP contribution is -2.47. The highest BCUT2D eigenvalue weighted by Crippen LogP contribution is 1.97. The molecule has 0 atom stereocenters. The molecule has 0 fully saturated rings. The van der Waals surface area contributed by atoms with Crippen LogP contribution in [-0.4, -0.2) is 251 Å². The Morgan fingerprint density at radius 1 is 0.411 bits per heavy atom. The largest absolute Gasteiger partial charge is 0.368 e. The lowest BCUT2D eigenvalue weighted by atomic mass is 10.3. The van der Waals surface area contributed by atoms with Crippen LogP contribution in [-0.2, 0) is 47.9 Å². The second kappa shape index (κ2) is 29.0. The molecule has 21 nitrogen and oxygen atoms in total. The van der Waals surface area contributed by atoms with Crippen molar-refractivity contribution in [3.63, 3.8) is 0 Å². The van der Waals surface area contributed by atoms with Crippen LogP contribution >= 0.6 is 0 Å². The molecule has 0 saturated carbocycles. The van der Waals surface area contributed by atoms with Crippen molar-refractivity contribution in [1.29, 1.82) is 0 Å². The van der Waals surface area contributed by atoms with E-state index in [4.69, 9.17) is 5.73 Å². The molecule has 0 saturated heterocycles. The van der Waals surface area contributed by atoms with E-state index < -0.39 is 29.5 Å². The summed E-state index contributed by atoms with van der Waals surface area (Å²) in [5.74, 6) is -3.40. The Morgan fingerprint density at radius 2 is 0.643 bits per heavy atom. The molecule has 322 valence electrons. The summed E-state index contributed by atoms with van der Waals surface area (Å²) in [5.41, 5.74) is 5.01. The number of amides is 10. The van der Waals surface area contributed by atoms with Crippen LogP contribution in [0.25, 0.3) is 0 Å². The van der Waals surface area contributed by atoms with Gasteiger partial charge in [0.15, 0.2) is 0 Å². The fourth-order valence-electron chi connectivity index (χ4n) is 3.66. The maximum atomic E-state index is 12.2. The van der Waals surface area contributed by atoms with Crippen molar-refractivity contribution < 1.29 is 47.9 Å². The van der Waals surface area contributed by atoms with Crippen LogP contribution in [0.2, 0.25) is 0 Å². The summed E-state index contributed by atoms with van der Waals surface area (Å²) in [4.78, 5) is 128. The minimum Gasteiger partial charge on any atom is -0.368 e. The van der Waals surface area contributed by atoms with Gasteiger partial charge in [0, 0.05) is 76.0 Å². The van der Waals surface area contributed by atoms with Gasteiger partial charge in [-0.15, -0.1) is 0 Å². The number of primary amides is 1. The van der Waals surface area contributed by atoms with E-state index in [1.165, 1.54) is 76.0 Å². The molecule has 10 amide bonds. The molecule has 0 aromatic carbocycles. The zero-order valence-electron chi connectivity index (χ0n) is 35.9. The zero-order chi connectivity index (χ0) is 44.5. The first-order valence-corrected chi connectivity index (χ1v) is 17.8. The molecule has 0 aliphatic rings. The van der Waals surface area contributed by atoms with Crippen molar-refractivity contribution in [3.05, 3.63) is 0 Å². The summed E-state index contributed by atoms with van der Waals surface area (Å²) in [5, 5.41) is 0. The molecule has 0 aromatic heterocycles. The van der Waals surface area contributed by atoms with Gasteiger partial charge in [-0.05, 0) is 34.4 Å². The van der Waals surface area contributed by atoms with Gasteiger partial charge < -0.3 is 54.7 Å². The van der Waals surface area contributed by atoms with E-state index >= 15 is 0 Å². The van der Waals surface area contributed by atoms with E-state index in [1.807, 2.05) is 6.92 Å². The van der Waals surface area contributed by atoms with Gasteiger partial charge in [-0.1, -0.05) is 6.92 Å². The van der Waals surface area contributed by atoms with Crippen molar-refractivity contribution in [2.24, 2.45) is 5.73 Å². The monoisotopic (exact) mass is 802 g/mol. The molecular formula is C35H67N11O10. The molecule has 0 bridgehead atoms. The van der Waals surface area contributed by atoms with Gasteiger partial charge in [0.1, 0.15) is 0 Å². The quantitative estimate of drug-likeness (QED) is 0.111. The Morgan fingerprint density at radius 3 is 0.821 bits per heavy atom. The first kappa shape index (κ1) is 55.0. The van der Waals surface area contributed by atoms with Gasteiger partial charge >= 0.3 is 0 Å². The number of nitrogens with two attached hydrogens (primary N) is 1. The summed E-state index contributed by atoms with van der Waals surface area (Å²) < 4.78 is 0. The van der Waals surface area contributed by atoms with Gasteiger partial charge in [-0.25, -0.2) is 0 Å². The number of likely N-dealkylation sites (N-methyl/N-ethyl adjacent to an activating group) is 9. The normalized spacial score (nSPS) is 10.0. The van der Waals surface area contributed by atoms with Crippen LogP contribution in [0.5, 0.6) is 0 Å². The summed E-state index contributed by atoms with van der Waals surface area (Å²) in [7, 11) is 15.3. The molecule has 0 unspecified atom stereocenters. The fourth-order valence-corrected chi connectivity index (χ4v) is 3.66. The second-order valence-corrected chi connectivity index (χ2v) is 13.6. The second-order valence-electron chi connectivity index (χ2n) is 13.6. The lowest BCUT2D eigenvalue weighted by Gasteiger charge is -2.25. The predicted molar refractivity (Wildman–Crippen MR) is 209 cm³/mol. The molecule has 2 N–H and O–H groups in total. The highest BCUT2D eigenvalue weighted by atomic mass is 16.2. The van der Waals surface area contributed by atoms with Gasteiger partial charge in [0.05, 0.1) is 52.4 Å². The van der Waals surface area contributed by atoms with E-state index in [-0.39, 0.29) is 70.1 Å². The first-order chi connectivity index (χ1) is 25.8. The molecule has 0 aromatic rings. The number of carbonyl (C=O) groups excluding carboxylic acids is 10. The summed E-state index contributed by atoms with van der Waals surface area (Å²) in [6.07, 6.45) is 1.04. The van der Waals surface area contributed by atoms with Crippen molar-refractivity contribution in [3.8, 4) is 0 Å². The minimum absolute atomic E-state index is 0.0283. The van der Waals surface area contributed by atoms with Crippen LogP contribution < -0.4 is 5.73 Å². The Kier molecular flexibility index (Phi) is 28.5. The van der Waals surface area contributed by atoms with Crippen molar-refractivity contribution in [1.82, 2.24) is 49.0 Å². The molecule has 56 heavy (non-hydrogen) atoms. The van der Waals surface area contributed by atoms with Gasteiger partial charge in [-0.3, -0.25) is 47.9 Å².